The third-order valence-electron chi connectivity index (χ3n) is 4.77. The van der Waals surface area contributed by atoms with Gasteiger partial charge in [0.15, 0.2) is 0 Å². The fourth-order valence-electron chi connectivity index (χ4n) is 3.09. The molecule has 1 atom stereocenters. The summed E-state index contributed by atoms with van der Waals surface area (Å²) in [6.45, 7) is 6.13. The molecule has 1 aliphatic heterocycles. The Bertz CT molecular complexity index is 744. The van der Waals surface area contributed by atoms with Crippen molar-refractivity contribution in [1.82, 2.24) is 14.7 Å². The van der Waals surface area contributed by atoms with Crippen molar-refractivity contribution in [3.63, 3.8) is 0 Å². The van der Waals surface area contributed by atoms with Crippen LogP contribution in [-0.2, 0) is 6.54 Å². The van der Waals surface area contributed by atoms with Crippen LogP contribution in [0.4, 0.5) is 0 Å². The lowest BCUT2D eigenvalue weighted by atomic mass is 9.79. The summed E-state index contributed by atoms with van der Waals surface area (Å²) in [5.74, 6) is 0.0142. The minimum Gasteiger partial charge on any atom is -0.338 e. The number of aromatic nitrogens is 2. The summed E-state index contributed by atoms with van der Waals surface area (Å²) in [5, 5.41) is 5.01. The predicted octanol–water partition coefficient (Wildman–Crippen LogP) is 3.21. The van der Waals surface area contributed by atoms with E-state index in [1.807, 2.05) is 29.2 Å². The average Bonchev–Trinajstić information content (AvgIpc) is 3.00. The third-order valence-corrected chi connectivity index (χ3v) is 5.14. The molecule has 1 saturated heterocycles. The van der Waals surface area contributed by atoms with Crippen molar-refractivity contribution < 1.29 is 4.79 Å². The molecular weight excluding hydrogens is 359 g/mol. The van der Waals surface area contributed by atoms with Crippen LogP contribution in [0.2, 0.25) is 5.02 Å². The number of piperidine rings is 1. The van der Waals surface area contributed by atoms with Crippen LogP contribution in [-0.4, -0.2) is 39.7 Å². The molecule has 136 valence electrons. The van der Waals surface area contributed by atoms with Crippen LogP contribution in [0.15, 0.2) is 36.7 Å². The number of benzene rings is 1. The van der Waals surface area contributed by atoms with Crippen LogP contribution in [0.1, 0.15) is 36.2 Å². The minimum atomic E-state index is -0.0680. The smallest absolute Gasteiger partial charge is 0.257 e. The van der Waals surface area contributed by atoms with E-state index in [1.165, 1.54) is 0 Å². The number of hydrogen-bond acceptors (Lipinski definition) is 3. The zero-order valence-electron chi connectivity index (χ0n) is 14.5. The van der Waals surface area contributed by atoms with Gasteiger partial charge in [0.1, 0.15) is 0 Å². The first-order valence-corrected chi connectivity index (χ1v) is 8.55. The van der Waals surface area contributed by atoms with Crippen molar-refractivity contribution in [2.45, 2.75) is 32.9 Å². The zero-order chi connectivity index (χ0) is 17.3. The number of rotatable bonds is 3. The molecule has 1 amide bonds. The summed E-state index contributed by atoms with van der Waals surface area (Å²) in [5.41, 5.74) is 7.67. The van der Waals surface area contributed by atoms with E-state index in [2.05, 4.69) is 18.9 Å². The Hall–Kier alpha value is -1.56. The number of carbonyl (C=O) groups excluding carboxylic acids is 1. The molecule has 3 rings (SSSR count). The molecule has 1 aliphatic rings. The van der Waals surface area contributed by atoms with Gasteiger partial charge in [-0.15, -0.1) is 12.4 Å². The molecule has 5 nitrogen and oxygen atoms in total. The van der Waals surface area contributed by atoms with Gasteiger partial charge < -0.3 is 10.6 Å². The van der Waals surface area contributed by atoms with E-state index in [4.69, 9.17) is 17.3 Å². The lowest BCUT2D eigenvalue weighted by Crippen LogP contribution is -2.53. The van der Waals surface area contributed by atoms with E-state index in [9.17, 15) is 4.79 Å². The second-order valence-electron chi connectivity index (χ2n) is 7.13. The molecule has 2 N–H and O–H groups in total. The van der Waals surface area contributed by atoms with E-state index in [-0.39, 0.29) is 29.8 Å². The standard InChI is InChI=1S/C18H23ClN4O.ClH/c1-18(2)12-22(8-7-16(18)20)17(24)14-9-21-23(11-14)10-13-5-3-4-6-15(13)19;/h3-6,9,11,16H,7-8,10,12,20H2,1-2H3;1H. The van der Waals surface area contributed by atoms with Gasteiger partial charge in [-0.2, -0.15) is 5.10 Å². The second-order valence-corrected chi connectivity index (χ2v) is 7.54. The highest BCUT2D eigenvalue weighted by Crippen LogP contribution is 2.28. The van der Waals surface area contributed by atoms with Gasteiger partial charge in [0.05, 0.1) is 18.3 Å². The van der Waals surface area contributed by atoms with Crippen molar-refractivity contribution in [2.24, 2.45) is 11.1 Å². The van der Waals surface area contributed by atoms with E-state index >= 15 is 0 Å². The van der Waals surface area contributed by atoms with Crippen LogP contribution < -0.4 is 5.73 Å². The highest BCUT2D eigenvalue weighted by atomic mass is 35.5. The fraction of sp³-hybridized carbons (Fsp3) is 0.444. The van der Waals surface area contributed by atoms with Gasteiger partial charge in [0.2, 0.25) is 0 Å². The molecule has 7 heteroatoms. The lowest BCUT2D eigenvalue weighted by Gasteiger charge is -2.42. The molecule has 1 unspecified atom stereocenters. The van der Waals surface area contributed by atoms with Gasteiger partial charge in [0, 0.05) is 30.4 Å². The molecular formula is C18H24Cl2N4O. The number of likely N-dealkylation sites (tertiary alicyclic amines) is 1. The Kier molecular flexibility index (Phi) is 6.14. The largest absolute Gasteiger partial charge is 0.338 e. The average molecular weight is 383 g/mol. The summed E-state index contributed by atoms with van der Waals surface area (Å²) in [6, 6.07) is 7.78. The topological polar surface area (TPSA) is 64.2 Å². The Labute approximate surface area is 159 Å². The van der Waals surface area contributed by atoms with Gasteiger partial charge >= 0.3 is 0 Å². The molecule has 1 aromatic carbocycles. The Morgan fingerprint density at radius 3 is 2.80 bits per heavy atom. The SMILES string of the molecule is CC1(C)CN(C(=O)c2cnn(Cc3ccccc3Cl)c2)CCC1N.Cl. The molecule has 0 saturated carbocycles. The minimum absolute atomic E-state index is 0. The van der Waals surface area contributed by atoms with Crippen LogP contribution in [0.3, 0.4) is 0 Å². The molecule has 25 heavy (non-hydrogen) atoms. The maximum Gasteiger partial charge on any atom is 0.257 e. The van der Waals surface area contributed by atoms with Crippen molar-refractivity contribution in [2.75, 3.05) is 13.1 Å². The van der Waals surface area contributed by atoms with E-state index < -0.39 is 0 Å². The summed E-state index contributed by atoms with van der Waals surface area (Å²) >= 11 is 6.18. The second kappa shape index (κ2) is 7.77. The quantitative estimate of drug-likeness (QED) is 0.885. The molecule has 2 aromatic rings. The molecule has 1 aromatic heterocycles. The van der Waals surface area contributed by atoms with Crippen LogP contribution in [0.25, 0.3) is 0 Å². The zero-order valence-corrected chi connectivity index (χ0v) is 16.1. The number of amides is 1. The number of nitrogens with zero attached hydrogens (tertiary/aromatic N) is 3. The molecule has 1 fully saturated rings. The molecule has 0 bridgehead atoms. The first-order chi connectivity index (χ1) is 11.4. The maximum absolute atomic E-state index is 12.7. The highest BCUT2D eigenvalue weighted by Gasteiger charge is 2.35. The number of nitrogens with two attached hydrogens (primary N) is 1. The van der Waals surface area contributed by atoms with Gasteiger partial charge in [-0.25, -0.2) is 0 Å². The van der Waals surface area contributed by atoms with E-state index in [1.54, 1.807) is 17.1 Å². The third kappa shape index (κ3) is 4.35. The van der Waals surface area contributed by atoms with Gasteiger partial charge in [0.25, 0.3) is 5.91 Å². The maximum atomic E-state index is 12.7. The first kappa shape index (κ1) is 19.8. The molecule has 0 radical (unpaired) electrons. The van der Waals surface area contributed by atoms with Crippen LogP contribution in [0.5, 0.6) is 0 Å². The van der Waals surface area contributed by atoms with Crippen molar-refractivity contribution in [3.8, 4) is 0 Å². The summed E-state index contributed by atoms with van der Waals surface area (Å²) in [4.78, 5) is 14.6. The Morgan fingerprint density at radius 1 is 1.40 bits per heavy atom. The predicted molar refractivity (Wildman–Crippen MR) is 102 cm³/mol. The van der Waals surface area contributed by atoms with Crippen molar-refractivity contribution in [3.05, 3.63) is 52.8 Å². The number of halogens is 2. The highest BCUT2D eigenvalue weighted by molar-refractivity contribution is 6.31. The van der Waals surface area contributed by atoms with Crippen LogP contribution >= 0.6 is 24.0 Å². The number of carbonyl (C=O) groups is 1. The Morgan fingerprint density at radius 2 is 2.12 bits per heavy atom. The Balaban J connectivity index is 0.00000225. The van der Waals surface area contributed by atoms with Crippen LogP contribution in [0, 0.1) is 5.41 Å². The lowest BCUT2D eigenvalue weighted by molar-refractivity contribution is 0.0533. The number of hydrogen-bond donors (Lipinski definition) is 1. The summed E-state index contributed by atoms with van der Waals surface area (Å²) in [6.07, 6.45) is 4.24. The fourth-order valence-corrected chi connectivity index (χ4v) is 3.29. The molecule has 0 aliphatic carbocycles. The van der Waals surface area contributed by atoms with E-state index in [0.29, 0.717) is 30.2 Å². The monoisotopic (exact) mass is 382 g/mol. The normalized spacial score (nSPS) is 19.4. The van der Waals surface area contributed by atoms with E-state index in [0.717, 1.165) is 12.0 Å². The van der Waals surface area contributed by atoms with Crippen molar-refractivity contribution in [1.29, 1.82) is 0 Å². The first-order valence-electron chi connectivity index (χ1n) is 8.17. The van der Waals surface area contributed by atoms with Gasteiger partial charge in [-0.05, 0) is 23.5 Å². The van der Waals surface area contributed by atoms with Crippen molar-refractivity contribution >= 4 is 29.9 Å². The molecule has 0 spiro atoms. The molecule has 2 heterocycles. The summed E-state index contributed by atoms with van der Waals surface area (Å²) < 4.78 is 1.75. The van der Waals surface area contributed by atoms with Gasteiger partial charge in [-0.1, -0.05) is 43.6 Å². The van der Waals surface area contributed by atoms with Gasteiger partial charge in [-0.3, -0.25) is 9.48 Å². The summed E-state index contributed by atoms with van der Waals surface area (Å²) in [7, 11) is 0.